The highest BCUT2D eigenvalue weighted by atomic mass is 19.1. The van der Waals surface area contributed by atoms with Gasteiger partial charge in [-0.3, -0.25) is 4.79 Å². The summed E-state index contributed by atoms with van der Waals surface area (Å²) in [5, 5.41) is 0. The molecule has 0 aliphatic carbocycles. The predicted molar refractivity (Wildman–Crippen MR) is 89.7 cm³/mol. The Morgan fingerprint density at radius 1 is 1.05 bits per heavy atom. The average molecular weight is 288 g/mol. The van der Waals surface area contributed by atoms with Crippen molar-refractivity contribution < 1.29 is 9.18 Å². The van der Waals surface area contributed by atoms with Gasteiger partial charge in [-0.2, -0.15) is 0 Å². The first-order chi connectivity index (χ1) is 9.79. The average Bonchev–Trinajstić information content (AvgIpc) is 2.43. The van der Waals surface area contributed by atoms with Crippen LogP contribution in [0, 0.1) is 0 Å². The van der Waals surface area contributed by atoms with Crippen LogP contribution >= 0.6 is 0 Å². The molecule has 0 radical (unpaired) electrons. The first kappa shape index (κ1) is 19.0. The van der Waals surface area contributed by atoms with Crippen LogP contribution in [0.3, 0.4) is 0 Å². The molecule has 1 nitrogen and oxygen atoms in total. The predicted octanol–water partition coefficient (Wildman–Crippen LogP) is 5.79. The second kappa shape index (κ2) is 9.87. The van der Waals surface area contributed by atoms with Crippen LogP contribution in [0.4, 0.5) is 4.39 Å². The molecule has 0 heterocycles. The Morgan fingerprint density at radius 3 is 2.19 bits per heavy atom. The van der Waals surface area contributed by atoms with Crippen molar-refractivity contribution >= 4 is 5.78 Å². The van der Waals surface area contributed by atoms with Crippen LogP contribution in [-0.4, -0.2) is 5.78 Å². The van der Waals surface area contributed by atoms with Gasteiger partial charge in [0.25, 0.3) is 0 Å². The Labute approximate surface area is 127 Å². The zero-order valence-electron chi connectivity index (χ0n) is 13.2. The molecule has 0 saturated carbocycles. The smallest absolute Gasteiger partial charge is 0.159 e. The summed E-state index contributed by atoms with van der Waals surface area (Å²) in [5.74, 6) is -0.871. The van der Waals surface area contributed by atoms with Crippen LogP contribution < -0.4 is 0 Å². The number of ketones is 1. The van der Waals surface area contributed by atoms with E-state index >= 15 is 0 Å². The van der Waals surface area contributed by atoms with Gasteiger partial charge in [0.15, 0.2) is 5.78 Å². The summed E-state index contributed by atoms with van der Waals surface area (Å²) in [6.07, 6.45) is 8.96. The fourth-order valence-corrected chi connectivity index (χ4v) is 1.50. The molecule has 0 fully saturated rings. The van der Waals surface area contributed by atoms with Crippen molar-refractivity contribution in [2.75, 3.05) is 0 Å². The Balaban J connectivity index is 4.58. The summed E-state index contributed by atoms with van der Waals surface area (Å²) in [6, 6.07) is 0. The fourth-order valence-electron chi connectivity index (χ4n) is 1.50. The maximum Gasteiger partial charge on any atom is 0.159 e. The van der Waals surface area contributed by atoms with E-state index in [1.807, 2.05) is 6.08 Å². The third kappa shape index (κ3) is 8.03. The van der Waals surface area contributed by atoms with E-state index in [-0.39, 0.29) is 16.9 Å². The SMILES string of the molecule is C=C(/C=C\C(=C)C(=C)/C(F)=C\C(=C)C(C)=O)CCCCC. The number of allylic oxidation sites excluding steroid dienone is 8. The van der Waals surface area contributed by atoms with Gasteiger partial charge in [-0.1, -0.05) is 63.8 Å². The number of carbonyl (C=O) groups excluding carboxylic acids is 1. The largest absolute Gasteiger partial charge is 0.295 e. The molecule has 0 unspecified atom stereocenters. The lowest BCUT2D eigenvalue weighted by atomic mass is 10.0. The van der Waals surface area contributed by atoms with E-state index in [1.54, 1.807) is 6.08 Å². The van der Waals surface area contributed by atoms with Gasteiger partial charge >= 0.3 is 0 Å². The van der Waals surface area contributed by atoms with Gasteiger partial charge in [0.1, 0.15) is 5.83 Å². The Kier molecular flexibility index (Phi) is 8.95. The van der Waals surface area contributed by atoms with Crippen LogP contribution in [0.5, 0.6) is 0 Å². The van der Waals surface area contributed by atoms with E-state index in [2.05, 4.69) is 33.2 Å². The van der Waals surface area contributed by atoms with Crippen LogP contribution in [0.25, 0.3) is 0 Å². The van der Waals surface area contributed by atoms with Gasteiger partial charge in [0.05, 0.1) is 0 Å². The van der Waals surface area contributed by atoms with Crippen LogP contribution in [0.1, 0.15) is 39.5 Å². The van der Waals surface area contributed by atoms with Crippen molar-refractivity contribution in [2.24, 2.45) is 0 Å². The summed E-state index contributed by atoms with van der Waals surface area (Å²) < 4.78 is 13.9. The lowest BCUT2D eigenvalue weighted by Gasteiger charge is -2.04. The van der Waals surface area contributed by atoms with Gasteiger partial charge in [-0.15, -0.1) is 0 Å². The van der Waals surface area contributed by atoms with Gasteiger partial charge in [-0.05, 0) is 31.4 Å². The Bertz CT molecular complexity index is 504. The zero-order chi connectivity index (χ0) is 16.4. The van der Waals surface area contributed by atoms with Gasteiger partial charge in [0, 0.05) is 11.1 Å². The number of carbonyl (C=O) groups is 1. The molecule has 0 saturated heterocycles. The van der Waals surface area contributed by atoms with Crippen molar-refractivity contribution in [3.8, 4) is 0 Å². The molecular weight excluding hydrogens is 263 g/mol. The Morgan fingerprint density at radius 2 is 1.67 bits per heavy atom. The highest BCUT2D eigenvalue weighted by molar-refractivity contribution is 5.95. The zero-order valence-corrected chi connectivity index (χ0v) is 13.2. The topological polar surface area (TPSA) is 17.1 Å². The van der Waals surface area contributed by atoms with E-state index in [0.29, 0.717) is 5.57 Å². The van der Waals surface area contributed by atoms with E-state index in [1.165, 1.54) is 13.3 Å². The van der Waals surface area contributed by atoms with E-state index < -0.39 is 5.83 Å². The molecule has 0 aromatic rings. The molecule has 0 bridgehead atoms. The second-order valence-electron chi connectivity index (χ2n) is 5.03. The molecule has 0 atom stereocenters. The van der Waals surface area contributed by atoms with Crippen molar-refractivity contribution in [3.05, 3.63) is 72.7 Å². The summed E-state index contributed by atoms with van der Waals surface area (Å²) in [5.41, 5.74) is 1.69. The first-order valence-corrected chi connectivity index (χ1v) is 7.11. The number of rotatable bonds is 10. The highest BCUT2D eigenvalue weighted by Crippen LogP contribution is 2.21. The molecule has 0 rings (SSSR count). The van der Waals surface area contributed by atoms with E-state index in [9.17, 15) is 9.18 Å². The van der Waals surface area contributed by atoms with Gasteiger partial charge in [-0.25, -0.2) is 4.39 Å². The molecular formula is C19H25FO. The number of hydrogen-bond acceptors (Lipinski definition) is 1. The molecule has 0 N–H and O–H groups in total. The summed E-state index contributed by atoms with van der Waals surface area (Å²) in [4.78, 5) is 11.0. The van der Waals surface area contributed by atoms with Crippen molar-refractivity contribution in [1.82, 2.24) is 0 Å². The number of unbranched alkanes of at least 4 members (excludes halogenated alkanes) is 2. The number of Topliss-reactive ketones (excluding diaryl/α,β-unsaturated/α-hetero) is 1. The minimum absolute atomic E-state index is 0.106. The van der Waals surface area contributed by atoms with Crippen molar-refractivity contribution in [3.63, 3.8) is 0 Å². The molecule has 2 heteroatoms. The molecule has 21 heavy (non-hydrogen) atoms. The first-order valence-electron chi connectivity index (χ1n) is 7.11. The summed E-state index contributed by atoms with van der Waals surface area (Å²) in [6.45, 7) is 18.3. The number of halogens is 1. The van der Waals surface area contributed by atoms with E-state index in [0.717, 1.165) is 30.9 Å². The normalized spacial score (nSPS) is 11.5. The molecule has 0 aromatic carbocycles. The second-order valence-corrected chi connectivity index (χ2v) is 5.03. The summed E-state index contributed by atoms with van der Waals surface area (Å²) in [7, 11) is 0. The van der Waals surface area contributed by atoms with Crippen LogP contribution in [0.2, 0.25) is 0 Å². The molecule has 0 aliphatic rings. The lowest BCUT2D eigenvalue weighted by Crippen LogP contribution is -1.93. The van der Waals surface area contributed by atoms with E-state index in [4.69, 9.17) is 0 Å². The Hall–Kier alpha value is -1.96. The monoisotopic (exact) mass is 288 g/mol. The minimum Gasteiger partial charge on any atom is -0.295 e. The minimum atomic E-state index is -0.596. The molecule has 0 spiro atoms. The van der Waals surface area contributed by atoms with Crippen molar-refractivity contribution in [2.45, 2.75) is 39.5 Å². The van der Waals surface area contributed by atoms with Crippen LogP contribution in [-0.2, 0) is 4.79 Å². The molecule has 0 amide bonds. The third-order valence-corrected chi connectivity index (χ3v) is 3.05. The van der Waals surface area contributed by atoms with Gasteiger partial charge in [0.2, 0.25) is 0 Å². The maximum atomic E-state index is 13.9. The van der Waals surface area contributed by atoms with Crippen molar-refractivity contribution in [1.29, 1.82) is 0 Å². The number of hydrogen-bond donors (Lipinski definition) is 0. The lowest BCUT2D eigenvalue weighted by molar-refractivity contribution is -0.113. The third-order valence-electron chi connectivity index (χ3n) is 3.05. The maximum absolute atomic E-state index is 13.9. The quantitative estimate of drug-likeness (QED) is 0.282. The molecule has 0 aromatic heterocycles. The van der Waals surface area contributed by atoms with Crippen LogP contribution in [0.15, 0.2) is 72.7 Å². The standard InChI is InChI=1S/C19H25FO/c1-7-8-9-10-14(2)11-12-15(3)17(5)19(20)13-16(4)18(6)21/h11-13H,2-5,7-10H2,1,6H3/b12-11-,19-13+. The highest BCUT2D eigenvalue weighted by Gasteiger charge is 2.06. The van der Waals surface area contributed by atoms with Gasteiger partial charge < -0.3 is 0 Å². The molecule has 114 valence electrons. The summed E-state index contributed by atoms with van der Waals surface area (Å²) >= 11 is 0. The fraction of sp³-hybridized carbons (Fsp3) is 0.316. The molecule has 0 aliphatic heterocycles.